The molecule has 2 aliphatic rings. The minimum absolute atomic E-state index is 0.168. The molecular weight excluding hydrogens is 396 g/mol. The summed E-state index contributed by atoms with van der Waals surface area (Å²) in [5.74, 6) is 0.661. The highest BCUT2D eigenvalue weighted by Crippen LogP contribution is 2.57. The van der Waals surface area contributed by atoms with Crippen LogP contribution in [0.1, 0.15) is 58.6 Å². The monoisotopic (exact) mass is 418 g/mol. The smallest absolute Gasteiger partial charge is 0.284 e. The first-order valence-corrected chi connectivity index (χ1v) is 10.8. The maximum Gasteiger partial charge on any atom is 0.284 e. The van der Waals surface area contributed by atoms with E-state index in [9.17, 15) is 4.79 Å². The van der Waals surface area contributed by atoms with E-state index in [0.29, 0.717) is 22.3 Å². The number of pyridine rings is 1. The third-order valence-electron chi connectivity index (χ3n) is 6.14. The first-order chi connectivity index (χ1) is 14.7. The van der Waals surface area contributed by atoms with Gasteiger partial charge in [0, 0.05) is 18.0 Å². The van der Waals surface area contributed by atoms with Crippen LogP contribution in [0.15, 0.2) is 67.0 Å². The van der Waals surface area contributed by atoms with Gasteiger partial charge in [-0.3, -0.25) is 9.78 Å². The maximum atomic E-state index is 12.3. The van der Waals surface area contributed by atoms with Gasteiger partial charge in [0.25, 0.3) is 5.91 Å². The first kappa shape index (κ1) is 19.1. The molecule has 1 amide bonds. The van der Waals surface area contributed by atoms with Crippen molar-refractivity contribution in [2.45, 2.75) is 43.4 Å². The summed E-state index contributed by atoms with van der Waals surface area (Å²) in [7, 11) is 0. The van der Waals surface area contributed by atoms with Gasteiger partial charge in [0.05, 0.1) is 5.02 Å². The second kappa shape index (κ2) is 7.77. The van der Waals surface area contributed by atoms with Gasteiger partial charge in [-0.1, -0.05) is 48.0 Å². The van der Waals surface area contributed by atoms with E-state index in [4.69, 9.17) is 16.4 Å². The summed E-state index contributed by atoms with van der Waals surface area (Å²) in [5.41, 5.74) is 7.08. The largest absolute Gasteiger partial charge is 0.378 e. The van der Waals surface area contributed by atoms with Gasteiger partial charge in [-0.15, -0.1) is 0 Å². The highest BCUT2D eigenvalue weighted by Gasteiger charge is 2.47. The van der Waals surface area contributed by atoms with Crippen LogP contribution in [-0.4, -0.2) is 10.9 Å². The lowest BCUT2D eigenvalue weighted by Crippen LogP contribution is -2.27. The third kappa shape index (κ3) is 3.80. The van der Waals surface area contributed by atoms with Gasteiger partial charge in [-0.2, -0.15) is 5.48 Å². The highest BCUT2D eigenvalue weighted by atomic mass is 35.5. The quantitative estimate of drug-likeness (QED) is 0.507. The van der Waals surface area contributed by atoms with Crippen LogP contribution >= 0.6 is 11.6 Å². The van der Waals surface area contributed by atoms with Crippen LogP contribution in [0.2, 0.25) is 5.02 Å². The van der Waals surface area contributed by atoms with E-state index >= 15 is 0 Å². The predicted octanol–water partition coefficient (Wildman–Crippen LogP) is 5.61. The van der Waals surface area contributed by atoms with Crippen LogP contribution in [0.5, 0.6) is 5.75 Å². The van der Waals surface area contributed by atoms with Crippen molar-refractivity contribution in [2.24, 2.45) is 0 Å². The topological polar surface area (TPSA) is 51.2 Å². The molecule has 1 heterocycles. The van der Waals surface area contributed by atoms with Crippen molar-refractivity contribution in [1.29, 1.82) is 0 Å². The van der Waals surface area contributed by atoms with Crippen molar-refractivity contribution in [3.8, 4) is 5.75 Å². The molecule has 0 saturated heterocycles. The van der Waals surface area contributed by atoms with Gasteiger partial charge < -0.3 is 4.84 Å². The number of halogens is 1. The normalized spacial score (nSPS) is 16.7. The fourth-order valence-corrected chi connectivity index (χ4v) is 4.59. The Balaban J connectivity index is 1.39. The summed E-state index contributed by atoms with van der Waals surface area (Å²) in [6, 6.07) is 18.0. The number of nitrogens with zero attached hydrogens (tertiary/aromatic N) is 1. The van der Waals surface area contributed by atoms with E-state index in [1.807, 2.05) is 6.07 Å². The Morgan fingerprint density at radius 2 is 1.80 bits per heavy atom. The molecule has 0 bridgehead atoms. The molecule has 5 heteroatoms. The van der Waals surface area contributed by atoms with Crippen LogP contribution in [0.3, 0.4) is 0 Å². The molecule has 2 aliphatic carbocycles. The Labute approximate surface area is 181 Å². The third-order valence-corrected chi connectivity index (χ3v) is 6.53. The molecule has 1 N–H and O–H groups in total. The van der Waals surface area contributed by atoms with Gasteiger partial charge in [-0.05, 0) is 78.3 Å². The molecule has 2 saturated carbocycles. The van der Waals surface area contributed by atoms with Gasteiger partial charge in [0.2, 0.25) is 0 Å². The molecule has 0 unspecified atom stereocenters. The van der Waals surface area contributed by atoms with E-state index in [1.54, 1.807) is 24.5 Å². The number of nitrogens with one attached hydrogen (secondary N) is 1. The number of amides is 1. The van der Waals surface area contributed by atoms with Crippen molar-refractivity contribution in [3.63, 3.8) is 0 Å². The van der Waals surface area contributed by atoms with E-state index in [1.165, 1.54) is 29.5 Å². The zero-order valence-electron chi connectivity index (χ0n) is 16.6. The number of benzene rings is 2. The molecule has 2 aromatic carbocycles. The lowest BCUT2D eigenvalue weighted by Gasteiger charge is -2.22. The van der Waals surface area contributed by atoms with E-state index in [0.717, 1.165) is 19.3 Å². The summed E-state index contributed by atoms with van der Waals surface area (Å²) < 4.78 is 0. The highest BCUT2D eigenvalue weighted by molar-refractivity contribution is 6.33. The summed E-state index contributed by atoms with van der Waals surface area (Å²) in [6.45, 7) is 0. The Morgan fingerprint density at radius 3 is 2.47 bits per heavy atom. The number of carbonyl (C=O) groups excluding carboxylic acids is 1. The van der Waals surface area contributed by atoms with Crippen LogP contribution in [-0.2, 0) is 11.8 Å². The van der Waals surface area contributed by atoms with Gasteiger partial charge in [-0.25, -0.2) is 0 Å². The van der Waals surface area contributed by atoms with Crippen LogP contribution in [0, 0.1) is 0 Å². The van der Waals surface area contributed by atoms with Crippen molar-refractivity contribution in [1.82, 2.24) is 10.5 Å². The Kier molecular flexibility index (Phi) is 4.95. The van der Waals surface area contributed by atoms with E-state index in [2.05, 4.69) is 46.9 Å². The van der Waals surface area contributed by atoms with E-state index < -0.39 is 0 Å². The molecule has 0 spiro atoms. The average Bonchev–Trinajstić information content (AvgIpc) is 3.70. The Bertz CT molecular complexity index is 1060. The van der Waals surface area contributed by atoms with Crippen molar-refractivity contribution >= 4 is 17.5 Å². The number of hydrogen-bond acceptors (Lipinski definition) is 3. The Morgan fingerprint density at radius 1 is 1.07 bits per heavy atom. The van der Waals surface area contributed by atoms with Crippen LogP contribution in [0.4, 0.5) is 0 Å². The standard InChI is InChI=1S/C25H23ClN2O2/c26-23-21(30-28-24(29)19-10-14-27-15-11-19)9-8-20(22(23)18-6-7-18)25(12-13-25)16-17-4-2-1-3-5-17/h1-5,8-11,14-15,18H,6-7,12-13,16H2,(H,28,29). The molecular formula is C25H23ClN2O2. The lowest BCUT2D eigenvalue weighted by atomic mass is 9.84. The van der Waals surface area contributed by atoms with Crippen molar-refractivity contribution in [2.75, 3.05) is 0 Å². The zero-order chi connectivity index (χ0) is 20.6. The number of rotatable bonds is 7. The average molecular weight is 419 g/mol. The fourth-order valence-electron chi connectivity index (χ4n) is 4.23. The maximum absolute atomic E-state index is 12.3. The summed E-state index contributed by atoms with van der Waals surface area (Å²) >= 11 is 6.83. The van der Waals surface area contributed by atoms with Crippen LogP contribution < -0.4 is 10.3 Å². The fraction of sp³-hybridized carbons (Fsp3) is 0.280. The molecule has 0 aliphatic heterocycles. The number of hydrogen-bond donors (Lipinski definition) is 1. The summed E-state index contributed by atoms with van der Waals surface area (Å²) in [6.07, 6.45) is 8.84. The molecule has 3 aromatic rings. The molecule has 2 fully saturated rings. The predicted molar refractivity (Wildman–Crippen MR) is 117 cm³/mol. The molecule has 0 radical (unpaired) electrons. The summed E-state index contributed by atoms with van der Waals surface area (Å²) in [4.78, 5) is 21.8. The van der Waals surface area contributed by atoms with Crippen LogP contribution in [0.25, 0.3) is 0 Å². The molecule has 5 rings (SSSR count). The van der Waals surface area contributed by atoms with Gasteiger partial charge in [0.1, 0.15) is 0 Å². The lowest BCUT2D eigenvalue weighted by molar-refractivity contribution is 0.0760. The zero-order valence-corrected chi connectivity index (χ0v) is 17.4. The second-order valence-electron chi connectivity index (χ2n) is 8.33. The van der Waals surface area contributed by atoms with E-state index in [-0.39, 0.29) is 11.3 Å². The Hall–Kier alpha value is -2.85. The minimum Gasteiger partial charge on any atom is -0.378 e. The SMILES string of the molecule is O=C(NOc1ccc(C2(Cc3ccccc3)CC2)c(C2CC2)c1Cl)c1ccncc1. The number of carbonyl (C=O) groups is 1. The second-order valence-corrected chi connectivity index (χ2v) is 8.70. The van der Waals surface area contributed by atoms with Gasteiger partial charge in [0.15, 0.2) is 5.75 Å². The van der Waals surface area contributed by atoms with Gasteiger partial charge >= 0.3 is 0 Å². The molecule has 152 valence electrons. The van der Waals surface area contributed by atoms with Crippen molar-refractivity contribution in [3.05, 3.63) is 94.3 Å². The molecule has 1 aromatic heterocycles. The minimum atomic E-state index is -0.326. The summed E-state index contributed by atoms with van der Waals surface area (Å²) in [5, 5.41) is 0.629. The number of hydroxylamine groups is 1. The first-order valence-electron chi connectivity index (χ1n) is 10.4. The molecule has 4 nitrogen and oxygen atoms in total. The number of aromatic nitrogens is 1. The molecule has 0 atom stereocenters. The van der Waals surface area contributed by atoms with Crippen molar-refractivity contribution < 1.29 is 9.63 Å². The molecule has 30 heavy (non-hydrogen) atoms.